The quantitative estimate of drug-likeness (QED) is 0.331. The molecule has 0 aliphatic carbocycles. The normalized spacial score (nSPS) is 45.7. The second kappa shape index (κ2) is 1.23. The maximum absolute atomic E-state index is 4.98. The van der Waals surface area contributed by atoms with Crippen LogP contribution in [0.2, 0.25) is 0 Å². The summed E-state index contributed by atoms with van der Waals surface area (Å²) in [6.07, 6.45) is 0. The summed E-state index contributed by atoms with van der Waals surface area (Å²) < 4.78 is 9.96. The van der Waals surface area contributed by atoms with E-state index < -0.39 is 0 Å². The summed E-state index contributed by atoms with van der Waals surface area (Å²) >= 11 is 0. The lowest BCUT2D eigenvalue weighted by Gasteiger charge is -1.76. The SMILES string of the molecule is B(C1CO1)C1CO1. The average Bonchev–Trinajstić information content (AvgIpc) is 2.33. The molecular weight excluding hydrogens is 90.9 g/mol. The Morgan fingerprint density at radius 3 is 1.86 bits per heavy atom. The van der Waals surface area contributed by atoms with Crippen LogP contribution < -0.4 is 0 Å². The Labute approximate surface area is 43.0 Å². The standard InChI is InChI=1S/C4H7BO2/c1-3(6-1)5-4-2-7-4/h3-5H,1-2H2. The van der Waals surface area contributed by atoms with Crippen LogP contribution in [0.1, 0.15) is 0 Å². The predicted octanol–water partition coefficient (Wildman–Crippen LogP) is -0.865. The molecule has 2 heterocycles. The van der Waals surface area contributed by atoms with E-state index in [2.05, 4.69) is 0 Å². The molecule has 2 nitrogen and oxygen atoms in total. The van der Waals surface area contributed by atoms with Crippen molar-refractivity contribution in [3.05, 3.63) is 0 Å². The molecule has 2 atom stereocenters. The van der Waals surface area contributed by atoms with Crippen molar-refractivity contribution in [3.63, 3.8) is 0 Å². The lowest BCUT2D eigenvalue weighted by molar-refractivity contribution is 0.436. The van der Waals surface area contributed by atoms with Gasteiger partial charge in [-0.25, -0.2) is 0 Å². The Kier molecular flexibility index (Phi) is 0.691. The third-order valence-electron chi connectivity index (χ3n) is 1.33. The van der Waals surface area contributed by atoms with Gasteiger partial charge in [-0.2, -0.15) is 0 Å². The summed E-state index contributed by atoms with van der Waals surface area (Å²) in [4.78, 5) is 0. The monoisotopic (exact) mass is 98.1 g/mol. The molecular formula is C4H7BO2. The Morgan fingerprint density at radius 1 is 1.14 bits per heavy atom. The van der Waals surface area contributed by atoms with Crippen LogP contribution in [0.4, 0.5) is 0 Å². The van der Waals surface area contributed by atoms with E-state index in [0.29, 0.717) is 12.0 Å². The van der Waals surface area contributed by atoms with Crippen LogP contribution in [0.3, 0.4) is 0 Å². The van der Waals surface area contributed by atoms with Gasteiger partial charge >= 0.3 is 0 Å². The van der Waals surface area contributed by atoms with Crippen LogP contribution in [0.15, 0.2) is 0 Å². The van der Waals surface area contributed by atoms with E-state index in [9.17, 15) is 0 Å². The van der Waals surface area contributed by atoms with Gasteiger partial charge in [0.05, 0.1) is 25.2 Å². The first-order valence-electron chi connectivity index (χ1n) is 2.68. The predicted molar refractivity (Wildman–Crippen MR) is 26.6 cm³/mol. The minimum Gasteiger partial charge on any atom is -0.382 e. The van der Waals surface area contributed by atoms with E-state index in [1.807, 2.05) is 0 Å². The summed E-state index contributed by atoms with van der Waals surface area (Å²) in [5, 5.41) is 0. The van der Waals surface area contributed by atoms with Crippen LogP contribution in [0.5, 0.6) is 0 Å². The van der Waals surface area contributed by atoms with Crippen molar-refractivity contribution in [3.8, 4) is 0 Å². The molecule has 38 valence electrons. The van der Waals surface area contributed by atoms with Crippen LogP contribution in [0.25, 0.3) is 0 Å². The topological polar surface area (TPSA) is 25.1 Å². The molecule has 0 aromatic heterocycles. The summed E-state index contributed by atoms with van der Waals surface area (Å²) in [5.41, 5.74) is 0. The fraction of sp³-hybridized carbons (Fsp3) is 1.00. The van der Waals surface area contributed by atoms with Crippen molar-refractivity contribution < 1.29 is 9.47 Å². The van der Waals surface area contributed by atoms with Crippen molar-refractivity contribution in [2.24, 2.45) is 0 Å². The first-order chi connectivity index (χ1) is 3.45. The van der Waals surface area contributed by atoms with Gasteiger partial charge in [-0.15, -0.1) is 0 Å². The molecule has 2 aliphatic rings. The zero-order valence-electron chi connectivity index (χ0n) is 4.09. The molecule has 2 unspecified atom stereocenters. The van der Waals surface area contributed by atoms with Crippen LogP contribution in [0, 0.1) is 0 Å². The number of hydrogen-bond acceptors (Lipinski definition) is 2. The largest absolute Gasteiger partial charge is 0.382 e. The van der Waals surface area contributed by atoms with Crippen molar-refractivity contribution in [2.75, 3.05) is 13.2 Å². The molecule has 0 N–H and O–H groups in total. The number of hydrogen-bond donors (Lipinski definition) is 0. The second-order valence-electron chi connectivity index (χ2n) is 2.15. The zero-order valence-corrected chi connectivity index (χ0v) is 4.09. The van der Waals surface area contributed by atoms with Gasteiger partial charge in [0.1, 0.15) is 0 Å². The van der Waals surface area contributed by atoms with E-state index in [1.165, 1.54) is 0 Å². The molecule has 0 aromatic carbocycles. The molecule has 0 amide bonds. The first kappa shape index (κ1) is 3.92. The highest BCUT2D eigenvalue weighted by atomic mass is 16.6. The van der Waals surface area contributed by atoms with Crippen LogP contribution in [-0.2, 0) is 9.47 Å². The van der Waals surface area contributed by atoms with E-state index >= 15 is 0 Å². The van der Waals surface area contributed by atoms with Gasteiger partial charge in [0, 0.05) is 0 Å². The molecule has 2 fully saturated rings. The lowest BCUT2D eigenvalue weighted by atomic mass is 9.71. The van der Waals surface area contributed by atoms with Crippen molar-refractivity contribution in [1.82, 2.24) is 0 Å². The zero-order chi connectivity index (χ0) is 4.69. The van der Waals surface area contributed by atoms with E-state index in [-0.39, 0.29) is 0 Å². The fourth-order valence-corrected chi connectivity index (χ4v) is 0.701. The van der Waals surface area contributed by atoms with Gasteiger partial charge in [-0.1, -0.05) is 0 Å². The smallest absolute Gasteiger partial charge is 0.199 e. The highest BCUT2D eigenvalue weighted by Crippen LogP contribution is 2.15. The van der Waals surface area contributed by atoms with Crippen molar-refractivity contribution in [1.29, 1.82) is 0 Å². The van der Waals surface area contributed by atoms with Crippen molar-refractivity contribution in [2.45, 2.75) is 12.0 Å². The number of ether oxygens (including phenoxy) is 2. The van der Waals surface area contributed by atoms with Gasteiger partial charge < -0.3 is 9.47 Å². The lowest BCUT2D eigenvalue weighted by Crippen LogP contribution is -2.07. The Balaban J connectivity index is 1.69. The summed E-state index contributed by atoms with van der Waals surface area (Å²) in [5.74, 6) is 0. The minimum atomic E-state index is 0.562. The van der Waals surface area contributed by atoms with E-state index in [1.54, 1.807) is 0 Å². The van der Waals surface area contributed by atoms with E-state index in [4.69, 9.17) is 9.47 Å². The third kappa shape index (κ3) is 0.953. The molecule has 0 aromatic rings. The van der Waals surface area contributed by atoms with Gasteiger partial charge in [0.15, 0.2) is 7.28 Å². The van der Waals surface area contributed by atoms with Gasteiger partial charge in [0.2, 0.25) is 0 Å². The summed E-state index contributed by atoms with van der Waals surface area (Å²) in [6.45, 7) is 1.94. The fourth-order valence-electron chi connectivity index (χ4n) is 0.701. The maximum Gasteiger partial charge on any atom is 0.199 e. The molecule has 7 heavy (non-hydrogen) atoms. The number of rotatable bonds is 2. The number of epoxide rings is 2. The van der Waals surface area contributed by atoms with Crippen LogP contribution in [-0.4, -0.2) is 32.5 Å². The van der Waals surface area contributed by atoms with Gasteiger partial charge in [0.25, 0.3) is 0 Å². The molecule has 2 aliphatic heterocycles. The Morgan fingerprint density at radius 2 is 1.57 bits per heavy atom. The van der Waals surface area contributed by atoms with Crippen molar-refractivity contribution >= 4 is 7.28 Å². The summed E-state index contributed by atoms with van der Waals surface area (Å²) in [6, 6.07) is 1.12. The highest BCUT2D eigenvalue weighted by Gasteiger charge is 2.34. The van der Waals surface area contributed by atoms with Gasteiger partial charge in [-0.05, 0) is 0 Å². The first-order valence-corrected chi connectivity index (χ1v) is 2.68. The van der Waals surface area contributed by atoms with Crippen LogP contribution >= 0.6 is 0 Å². The average molecular weight is 97.9 g/mol. The Hall–Kier alpha value is -0.0151. The molecule has 0 radical (unpaired) electrons. The molecule has 2 rings (SSSR count). The second-order valence-corrected chi connectivity index (χ2v) is 2.15. The van der Waals surface area contributed by atoms with E-state index in [0.717, 1.165) is 20.5 Å². The molecule has 2 saturated heterocycles. The minimum absolute atomic E-state index is 0.562. The molecule has 0 saturated carbocycles. The van der Waals surface area contributed by atoms with Gasteiger partial charge in [-0.3, -0.25) is 0 Å². The third-order valence-corrected chi connectivity index (χ3v) is 1.33. The Bertz CT molecular complexity index is 67.8. The molecule has 0 bridgehead atoms. The maximum atomic E-state index is 4.98. The molecule has 3 heteroatoms. The summed E-state index contributed by atoms with van der Waals surface area (Å²) in [7, 11) is 1.14. The highest BCUT2D eigenvalue weighted by molar-refractivity contribution is 6.40. The molecule has 0 spiro atoms.